The topological polar surface area (TPSA) is 45.5 Å². The molecule has 2 aliphatic rings. The molecule has 2 unspecified atom stereocenters. The first-order valence-electron chi connectivity index (χ1n) is 9.40. The largest absolute Gasteiger partial charge is 0.494 e. The van der Waals surface area contributed by atoms with Gasteiger partial charge in [0.05, 0.1) is 20.4 Å². The lowest BCUT2D eigenvalue weighted by Crippen LogP contribution is -2.24. The number of ether oxygens (including phenoxy) is 3. The minimum absolute atomic E-state index is 0.00170. The van der Waals surface area contributed by atoms with Crippen molar-refractivity contribution in [1.82, 2.24) is 9.78 Å². The van der Waals surface area contributed by atoms with Crippen LogP contribution in [0.5, 0.6) is 11.5 Å². The van der Waals surface area contributed by atoms with E-state index < -0.39 is 11.6 Å². The Morgan fingerprint density at radius 3 is 2.48 bits per heavy atom. The quantitative estimate of drug-likeness (QED) is 0.802. The number of nitrogens with zero attached hydrogens (tertiary/aromatic N) is 2. The van der Waals surface area contributed by atoms with E-state index in [1.54, 1.807) is 0 Å². The lowest BCUT2D eigenvalue weighted by atomic mass is 9.82. The number of aromatic nitrogens is 2. The highest BCUT2D eigenvalue weighted by Gasteiger charge is 2.32. The maximum atomic E-state index is 14.9. The monoisotopic (exact) mass is 378 g/mol. The van der Waals surface area contributed by atoms with E-state index in [4.69, 9.17) is 14.2 Å². The van der Waals surface area contributed by atoms with Gasteiger partial charge in [-0.25, -0.2) is 13.5 Å². The highest BCUT2D eigenvalue weighted by Crippen LogP contribution is 2.41. The number of fused-ring (bicyclic) bond motifs is 1. The SMILES string of the molecule is COc1cc(OC)c(F)c(C2CCc3cnn(C4CCCCO4)c3C2)c1F. The first-order chi connectivity index (χ1) is 13.1. The Kier molecular flexibility index (Phi) is 5.04. The third-order valence-corrected chi connectivity index (χ3v) is 5.63. The van der Waals surface area contributed by atoms with Crippen LogP contribution in [0.25, 0.3) is 0 Å². The third kappa shape index (κ3) is 3.18. The lowest BCUT2D eigenvalue weighted by Gasteiger charge is -2.29. The van der Waals surface area contributed by atoms with Crippen molar-refractivity contribution < 1.29 is 23.0 Å². The van der Waals surface area contributed by atoms with Gasteiger partial charge in [-0.3, -0.25) is 0 Å². The molecule has 1 aromatic carbocycles. The van der Waals surface area contributed by atoms with Crippen LogP contribution < -0.4 is 9.47 Å². The molecule has 146 valence electrons. The Bertz CT molecular complexity index is 803. The molecule has 0 radical (unpaired) electrons. The van der Waals surface area contributed by atoms with E-state index in [0.29, 0.717) is 12.8 Å². The van der Waals surface area contributed by atoms with Crippen molar-refractivity contribution in [2.75, 3.05) is 20.8 Å². The molecule has 27 heavy (non-hydrogen) atoms. The molecule has 1 aromatic heterocycles. The molecule has 0 N–H and O–H groups in total. The summed E-state index contributed by atoms with van der Waals surface area (Å²) in [6, 6.07) is 1.25. The van der Waals surface area contributed by atoms with Crippen LogP contribution in [0.2, 0.25) is 0 Å². The molecule has 0 saturated carbocycles. The van der Waals surface area contributed by atoms with Gasteiger partial charge in [-0.15, -0.1) is 0 Å². The summed E-state index contributed by atoms with van der Waals surface area (Å²) in [5.41, 5.74) is 2.18. The number of halogens is 2. The molecule has 0 amide bonds. The van der Waals surface area contributed by atoms with Crippen LogP contribution in [0.15, 0.2) is 12.3 Å². The van der Waals surface area contributed by atoms with Gasteiger partial charge in [0.1, 0.15) is 6.23 Å². The van der Waals surface area contributed by atoms with Gasteiger partial charge in [-0.2, -0.15) is 5.10 Å². The normalized spacial score (nSPS) is 22.4. The zero-order valence-electron chi connectivity index (χ0n) is 15.6. The van der Waals surface area contributed by atoms with Crippen molar-refractivity contribution in [3.63, 3.8) is 0 Å². The number of aryl methyl sites for hydroxylation is 1. The zero-order valence-corrected chi connectivity index (χ0v) is 15.6. The molecule has 0 spiro atoms. The van der Waals surface area contributed by atoms with Crippen molar-refractivity contribution in [2.45, 2.75) is 50.7 Å². The molecule has 2 aromatic rings. The molecule has 1 saturated heterocycles. The Labute approximate surface area is 157 Å². The maximum Gasteiger partial charge on any atom is 0.171 e. The van der Waals surface area contributed by atoms with E-state index in [1.807, 2.05) is 10.9 Å². The molecule has 5 nitrogen and oxygen atoms in total. The highest BCUT2D eigenvalue weighted by molar-refractivity contribution is 5.44. The minimum atomic E-state index is -0.649. The molecule has 2 heterocycles. The predicted molar refractivity (Wildman–Crippen MR) is 95.3 cm³/mol. The van der Waals surface area contributed by atoms with Crippen LogP contribution in [0.3, 0.4) is 0 Å². The summed E-state index contributed by atoms with van der Waals surface area (Å²) >= 11 is 0. The van der Waals surface area contributed by atoms with Gasteiger partial charge in [0.25, 0.3) is 0 Å². The van der Waals surface area contributed by atoms with Gasteiger partial charge in [-0.1, -0.05) is 0 Å². The first-order valence-corrected chi connectivity index (χ1v) is 9.40. The second-order valence-electron chi connectivity index (χ2n) is 7.14. The zero-order chi connectivity index (χ0) is 19.0. The van der Waals surface area contributed by atoms with Crippen molar-refractivity contribution in [3.05, 3.63) is 40.7 Å². The first kappa shape index (κ1) is 18.2. The highest BCUT2D eigenvalue weighted by atomic mass is 19.1. The van der Waals surface area contributed by atoms with E-state index in [1.165, 1.54) is 20.3 Å². The van der Waals surface area contributed by atoms with Crippen molar-refractivity contribution in [3.8, 4) is 11.5 Å². The molecule has 1 aliphatic carbocycles. The van der Waals surface area contributed by atoms with E-state index in [9.17, 15) is 8.78 Å². The van der Waals surface area contributed by atoms with Gasteiger partial charge in [0.2, 0.25) is 0 Å². The van der Waals surface area contributed by atoms with E-state index in [2.05, 4.69) is 5.10 Å². The number of benzene rings is 1. The molecular weight excluding hydrogens is 354 g/mol. The van der Waals surface area contributed by atoms with Gasteiger partial charge < -0.3 is 14.2 Å². The molecule has 4 rings (SSSR count). The van der Waals surface area contributed by atoms with Gasteiger partial charge in [-0.05, 0) is 50.0 Å². The smallest absolute Gasteiger partial charge is 0.171 e. The van der Waals surface area contributed by atoms with Crippen LogP contribution >= 0.6 is 0 Å². The fraction of sp³-hybridized carbons (Fsp3) is 0.550. The standard InChI is InChI=1S/C20H24F2N2O3/c1-25-15-10-16(26-2)20(22)18(19(15)21)12-6-7-13-11-23-24(14(13)9-12)17-5-3-4-8-27-17/h10-12,17H,3-9H2,1-2H3. The van der Waals surface area contributed by atoms with Crippen LogP contribution in [-0.2, 0) is 17.6 Å². The lowest BCUT2D eigenvalue weighted by molar-refractivity contribution is -0.0414. The second-order valence-corrected chi connectivity index (χ2v) is 7.14. The summed E-state index contributed by atoms with van der Waals surface area (Å²) in [4.78, 5) is 0. The number of hydrogen-bond acceptors (Lipinski definition) is 4. The Hall–Kier alpha value is -2.15. The Morgan fingerprint density at radius 2 is 1.85 bits per heavy atom. The summed E-state index contributed by atoms with van der Waals surface area (Å²) in [5.74, 6) is -1.61. The number of methoxy groups -OCH3 is 2. The molecule has 1 aliphatic heterocycles. The van der Waals surface area contributed by atoms with Gasteiger partial charge >= 0.3 is 0 Å². The van der Waals surface area contributed by atoms with Crippen molar-refractivity contribution in [1.29, 1.82) is 0 Å². The fourth-order valence-corrected chi connectivity index (χ4v) is 4.20. The molecule has 7 heteroatoms. The molecule has 2 atom stereocenters. The van der Waals surface area contributed by atoms with E-state index in [-0.39, 0.29) is 29.2 Å². The van der Waals surface area contributed by atoms with Crippen LogP contribution in [-0.4, -0.2) is 30.6 Å². The molecular formula is C20H24F2N2O3. The molecule has 1 fully saturated rings. The van der Waals surface area contributed by atoms with Crippen molar-refractivity contribution >= 4 is 0 Å². The average molecular weight is 378 g/mol. The predicted octanol–water partition coefficient (Wildman–Crippen LogP) is 4.15. The fourth-order valence-electron chi connectivity index (χ4n) is 4.20. The van der Waals surface area contributed by atoms with E-state index in [0.717, 1.165) is 43.5 Å². The number of rotatable bonds is 4. The van der Waals surface area contributed by atoms with E-state index >= 15 is 0 Å². The average Bonchev–Trinajstić information content (AvgIpc) is 3.12. The summed E-state index contributed by atoms with van der Waals surface area (Å²) in [7, 11) is 2.74. The van der Waals surface area contributed by atoms with Crippen LogP contribution in [0.4, 0.5) is 8.78 Å². The second kappa shape index (κ2) is 7.46. The van der Waals surface area contributed by atoms with Crippen LogP contribution in [0, 0.1) is 11.6 Å². The summed E-state index contributed by atoms with van der Waals surface area (Å²) in [5, 5.41) is 4.52. The Balaban J connectivity index is 1.70. The summed E-state index contributed by atoms with van der Waals surface area (Å²) in [6.45, 7) is 0.721. The Morgan fingerprint density at radius 1 is 1.11 bits per heavy atom. The summed E-state index contributed by atoms with van der Waals surface area (Å²) < 4.78 is 47.8. The number of hydrogen-bond donors (Lipinski definition) is 0. The molecule has 0 bridgehead atoms. The summed E-state index contributed by atoms with van der Waals surface area (Å²) in [6.07, 6.45) is 6.73. The van der Waals surface area contributed by atoms with Crippen molar-refractivity contribution in [2.24, 2.45) is 0 Å². The van der Waals surface area contributed by atoms with Crippen LogP contribution in [0.1, 0.15) is 54.6 Å². The van der Waals surface area contributed by atoms with Gasteiger partial charge in [0, 0.05) is 23.9 Å². The van der Waals surface area contributed by atoms with Gasteiger partial charge in [0.15, 0.2) is 23.1 Å². The maximum absolute atomic E-state index is 14.9. The third-order valence-electron chi connectivity index (χ3n) is 5.63. The minimum Gasteiger partial charge on any atom is -0.494 e.